The smallest absolute Gasteiger partial charge is 0.204 e. The van der Waals surface area contributed by atoms with Crippen molar-refractivity contribution in [1.82, 2.24) is 0 Å². The molecule has 2 rings (SSSR count). The summed E-state index contributed by atoms with van der Waals surface area (Å²) in [5, 5.41) is 0. The first-order valence-electron chi connectivity index (χ1n) is 5.19. The highest BCUT2D eigenvalue weighted by molar-refractivity contribution is 8.14. The van der Waals surface area contributed by atoms with Crippen LogP contribution in [0.15, 0.2) is 0 Å². The van der Waals surface area contributed by atoms with E-state index in [-0.39, 0.29) is 5.92 Å². The molecule has 3 atom stereocenters. The number of halogens is 4. The average Bonchev–Trinajstić information content (AvgIpc) is 2.77. The van der Waals surface area contributed by atoms with Crippen LogP contribution in [0.1, 0.15) is 25.7 Å². The number of alkyl halides is 4. The van der Waals surface area contributed by atoms with Gasteiger partial charge in [-0.05, 0) is 31.1 Å². The molecule has 2 fully saturated rings. The third kappa shape index (κ3) is 3.61. The second-order valence-corrected chi connectivity index (χ2v) is 5.80. The van der Waals surface area contributed by atoms with Crippen molar-refractivity contribution in [1.29, 1.82) is 0 Å². The van der Waals surface area contributed by atoms with Gasteiger partial charge in [-0.2, -0.15) is 8.78 Å². The minimum atomic E-state index is -3.75. The monoisotopic (exact) mass is 293 g/mol. The zero-order valence-electron chi connectivity index (χ0n) is 8.82. The van der Waals surface area contributed by atoms with Crippen LogP contribution in [-0.2, 0) is 20.5 Å². The van der Waals surface area contributed by atoms with E-state index in [9.17, 15) is 17.6 Å². The third-order valence-corrected chi connectivity index (χ3v) is 3.52. The van der Waals surface area contributed by atoms with Crippen LogP contribution in [0.5, 0.6) is 0 Å². The molecule has 8 heteroatoms. The molecule has 0 aromatic rings. The second kappa shape index (κ2) is 5.60. The van der Waals surface area contributed by atoms with Crippen molar-refractivity contribution in [2.75, 3.05) is 0 Å². The van der Waals surface area contributed by atoms with Gasteiger partial charge in [-0.25, -0.2) is 8.78 Å². The molecule has 2 nitrogen and oxygen atoms in total. The van der Waals surface area contributed by atoms with Crippen molar-refractivity contribution in [3.8, 4) is 0 Å². The third-order valence-electron chi connectivity index (χ3n) is 3.52. The Morgan fingerprint density at radius 1 is 1.18 bits per heavy atom. The summed E-state index contributed by atoms with van der Waals surface area (Å²) in [6.07, 6.45) is -0.760. The van der Waals surface area contributed by atoms with Crippen LogP contribution < -0.4 is 0 Å². The van der Waals surface area contributed by atoms with Gasteiger partial charge < -0.3 is 0 Å². The molecule has 2 aliphatic rings. The van der Waals surface area contributed by atoms with Crippen molar-refractivity contribution in [3.05, 3.63) is 0 Å². The Bertz CT molecular complexity index is 361. The highest BCUT2D eigenvalue weighted by Gasteiger charge is 2.56. The minimum Gasteiger partial charge on any atom is -0.204 e. The van der Waals surface area contributed by atoms with Crippen LogP contribution in [0.4, 0.5) is 17.6 Å². The Labute approximate surface area is 103 Å². The van der Waals surface area contributed by atoms with Gasteiger partial charge in [-0.3, -0.25) is 0 Å². The topological polar surface area (TPSA) is 34.1 Å². The Kier molecular flexibility index (Phi) is 4.88. The molecule has 100 valence electrons. The van der Waals surface area contributed by atoms with Gasteiger partial charge in [0.15, 0.2) is 0 Å². The summed E-state index contributed by atoms with van der Waals surface area (Å²) in [7, 11) is -2.17. The highest BCUT2D eigenvalue weighted by atomic mass is 32.8. The quantitative estimate of drug-likeness (QED) is 0.445. The van der Waals surface area contributed by atoms with Crippen LogP contribution in [0, 0.1) is 17.8 Å². The SMILES string of the molecule is FC(F)C(F)(F)C1CC2CCC1C2.O=S(=O)=[SH+]. The van der Waals surface area contributed by atoms with Crippen LogP contribution in [0.3, 0.4) is 0 Å². The molecule has 0 saturated heterocycles. The molecule has 0 spiro atoms. The summed E-state index contributed by atoms with van der Waals surface area (Å²) in [6.45, 7) is 0. The van der Waals surface area contributed by atoms with Crippen molar-refractivity contribution in [2.45, 2.75) is 38.0 Å². The van der Waals surface area contributed by atoms with Crippen molar-refractivity contribution >= 4 is 20.5 Å². The predicted molar refractivity (Wildman–Crippen MR) is 57.6 cm³/mol. The number of fused-ring (bicyclic) bond motifs is 2. The molecular weight excluding hydrogens is 280 g/mol. The van der Waals surface area contributed by atoms with Crippen molar-refractivity contribution < 1.29 is 26.0 Å². The zero-order valence-corrected chi connectivity index (χ0v) is 10.5. The Hall–Kier alpha value is -0.240. The Morgan fingerprint density at radius 3 is 2.00 bits per heavy atom. The maximum atomic E-state index is 13.0. The summed E-state index contributed by atoms with van der Waals surface area (Å²) in [5.41, 5.74) is 0. The first-order valence-corrected chi connectivity index (χ1v) is 7.32. The lowest BCUT2D eigenvalue weighted by molar-refractivity contribution is -0.176. The van der Waals surface area contributed by atoms with Gasteiger partial charge in [0.1, 0.15) is 0 Å². The van der Waals surface area contributed by atoms with E-state index in [1.807, 2.05) is 0 Å². The van der Waals surface area contributed by atoms with Crippen LogP contribution >= 0.6 is 0 Å². The fourth-order valence-corrected chi connectivity index (χ4v) is 2.88. The lowest BCUT2D eigenvalue weighted by atomic mass is 9.84. The van der Waals surface area contributed by atoms with Gasteiger partial charge in [0.2, 0.25) is 0 Å². The zero-order chi connectivity index (χ0) is 13.2. The fraction of sp³-hybridized carbons (Fsp3) is 1.00. The summed E-state index contributed by atoms with van der Waals surface area (Å²) in [6, 6.07) is 0. The van der Waals surface area contributed by atoms with E-state index < -0.39 is 27.5 Å². The molecule has 2 bridgehead atoms. The van der Waals surface area contributed by atoms with Crippen molar-refractivity contribution in [3.63, 3.8) is 0 Å². The Morgan fingerprint density at radius 2 is 1.71 bits per heavy atom. The molecule has 0 aromatic heterocycles. The summed E-state index contributed by atoms with van der Waals surface area (Å²) < 4.78 is 67.7. The van der Waals surface area contributed by atoms with Gasteiger partial charge in [-0.15, -0.1) is 8.42 Å². The summed E-state index contributed by atoms with van der Waals surface area (Å²) in [4.78, 5) is 0. The second-order valence-electron chi connectivity index (χ2n) is 4.47. The number of rotatable bonds is 2. The van der Waals surface area contributed by atoms with E-state index in [4.69, 9.17) is 8.42 Å². The maximum absolute atomic E-state index is 13.0. The van der Waals surface area contributed by atoms with Crippen LogP contribution in [0.2, 0.25) is 0 Å². The first kappa shape index (κ1) is 14.8. The van der Waals surface area contributed by atoms with E-state index >= 15 is 0 Å². The first-order chi connectivity index (χ1) is 7.75. The van der Waals surface area contributed by atoms with E-state index in [0.717, 1.165) is 19.3 Å². The van der Waals surface area contributed by atoms with Crippen molar-refractivity contribution in [2.24, 2.45) is 17.8 Å². The molecule has 17 heavy (non-hydrogen) atoms. The lowest BCUT2D eigenvalue weighted by Crippen LogP contribution is -2.38. The van der Waals surface area contributed by atoms with E-state index in [1.165, 1.54) is 0 Å². The summed E-state index contributed by atoms with van der Waals surface area (Å²) >= 11 is 2.88. The Balaban J connectivity index is 0.000000317. The van der Waals surface area contributed by atoms with Gasteiger partial charge in [0, 0.05) is 5.92 Å². The molecule has 0 amide bonds. The molecule has 2 aliphatic carbocycles. The molecule has 0 aliphatic heterocycles. The van der Waals surface area contributed by atoms with Crippen LogP contribution in [-0.4, -0.2) is 20.8 Å². The molecule has 0 radical (unpaired) electrons. The number of hydrogen-bond acceptors (Lipinski definition) is 2. The van der Waals surface area contributed by atoms with Gasteiger partial charge in [0.25, 0.3) is 0 Å². The molecule has 0 N–H and O–H groups in total. The predicted octanol–water partition coefficient (Wildman–Crippen LogP) is 2.38. The lowest BCUT2D eigenvalue weighted by Gasteiger charge is -2.29. The van der Waals surface area contributed by atoms with Gasteiger partial charge in [-0.1, -0.05) is 6.42 Å². The standard InChI is InChI=1S/C9H12F4.O2S2/c10-8(11)9(12,13)7-4-5-1-2-6(7)3-5;1-4(2)3/h5-8H,1-4H2;/p+1. The van der Waals surface area contributed by atoms with E-state index in [2.05, 4.69) is 11.2 Å². The minimum absolute atomic E-state index is 0.144. The number of thiol groups is 1. The van der Waals surface area contributed by atoms with E-state index in [0.29, 0.717) is 12.3 Å². The van der Waals surface area contributed by atoms with Crippen LogP contribution in [0.25, 0.3) is 0 Å². The normalized spacial score (nSPS) is 31.2. The molecule has 0 aromatic carbocycles. The molecule has 2 saturated carbocycles. The molecule has 0 heterocycles. The fourth-order valence-electron chi connectivity index (χ4n) is 2.88. The molecular formula is C9H13F4O2S2+. The van der Waals surface area contributed by atoms with Gasteiger partial charge >= 0.3 is 32.8 Å². The molecule has 3 unspecified atom stereocenters. The average molecular weight is 293 g/mol. The van der Waals surface area contributed by atoms with Gasteiger partial charge in [0.05, 0.1) is 0 Å². The largest absolute Gasteiger partial charge is 0.469 e. The highest BCUT2D eigenvalue weighted by Crippen LogP contribution is 2.54. The maximum Gasteiger partial charge on any atom is 0.469 e. The number of hydrogen-bond donors (Lipinski definition) is 0. The summed E-state index contributed by atoms with van der Waals surface area (Å²) in [5.74, 6) is -4.65. The van der Waals surface area contributed by atoms with E-state index in [1.54, 1.807) is 0 Å².